The van der Waals surface area contributed by atoms with Crippen molar-refractivity contribution in [3.8, 4) is 0 Å². The molecule has 0 aliphatic carbocycles. The number of aryl methyl sites for hydroxylation is 1. The Morgan fingerprint density at radius 3 is 2.84 bits per heavy atom. The molecule has 0 saturated carbocycles. The summed E-state index contributed by atoms with van der Waals surface area (Å²) in [5.74, 6) is -0.302. The Hall–Kier alpha value is -2.02. The lowest BCUT2D eigenvalue weighted by Gasteiger charge is -2.02. The third kappa shape index (κ3) is 3.13. The molecule has 0 unspecified atom stereocenters. The largest absolute Gasteiger partial charge is 0.316 e. The van der Waals surface area contributed by atoms with E-state index in [0.717, 1.165) is 33.4 Å². The lowest BCUT2D eigenvalue weighted by atomic mass is 10.3. The van der Waals surface area contributed by atoms with Crippen molar-refractivity contribution in [1.29, 1.82) is 0 Å². The molecule has 0 spiro atoms. The number of carbonyl (C=O) groups excluding carboxylic acids is 1. The first-order valence-corrected chi connectivity index (χ1v) is 9.90. The Labute approximate surface area is 157 Å². The van der Waals surface area contributed by atoms with Gasteiger partial charge in [-0.05, 0) is 36.8 Å². The number of carbonyl (C=O) groups is 1. The summed E-state index contributed by atoms with van der Waals surface area (Å²) in [4.78, 5) is 22.1. The first-order chi connectivity index (χ1) is 12.2. The first kappa shape index (κ1) is 16.4. The highest BCUT2D eigenvalue weighted by atomic mass is 35.5. The van der Waals surface area contributed by atoms with Gasteiger partial charge in [-0.25, -0.2) is 4.98 Å². The number of halogens is 1. The summed E-state index contributed by atoms with van der Waals surface area (Å²) >= 11 is 8.94. The number of hydrogen-bond acceptors (Lipinski definition) is 4. The van der Waals surface area contributed by atoms with E-state index in [4.69, 9.17) is 11.6 Å². The van der Waals surface area contributed by atoms with Gasteiger partial charge in [0.15, 0.2) is 9.81 Å². The van der Waals surface area contributed by atoms with E-state index in [1.54, 1.807) is 0 Å². The summed E-state index contributed by atoms with van der Waals surface area (Å²) in [7, 11) is 0. The number of hydrogen-bond donors (Lipinski definition) is 0. The lowest BCUT2D eigenvalue weighted by Crippen LogP contribution is -2.16. The van der Waals surface area contributed by atoms with Crippen LogP contribution in [0.25, 0.3) is 20.4 Å². The van der Waals surface area contributed by atoms with Crippen LogP contribution in [0.4, 0.5) is 0 Å². The molecule has 2 heterocycles. The topological polar surface area (TPSA) is 47.2 Å². The van der Waals surface area contributed by atoms with Gasteiger partial charge in [-0.3, -0.25) is 4.79 Å². The summed E-state index contributed by atoms with van der Waals surface area (Å²) < 4.78 is 4.09. The molecule has 7 heteroatoms. The molecule has 0 atom stereocenters. The maximum atomic E-state index is 12.6. The van der Waals surface area contributed by atoms with Crippen LogP contribution in [0.1, 0.15) is 23.1 Å². The van der Waals surface area contributed by atoms with E-state index in [2.05, 4.69) is 21.5 Å². The van der Waals surface area contributed by atoms with Gasteiger partial charge >= 0.3 is 5.91 Å². The van der Waals surface area contributed by atoms with Crippen molar-refractivity contribution in [2.45, 2.75) is 19.9 Å². The minimum atomic E-state index is -0.302. The van der Waals surface area contributed by atoms with Gasteiger partial charge in [-0.15, -0.1) is 11.3 Å². The zero-order valence-electron chi connectivity index (χ0n) is 13.4. The van der Waals surface area contributed by atoms with Gasteiger partial charge in [0, 0.05) is 11.6 Å². The van der Waals surface area contributed by atoms with Crippen molar-refractivity contribution in [3.63, 3.8) is 0 Å². The van der Waals surface area contributed by atoms with E-state index in [1.807, 2.05) is 42.5 Å². The summed E-state index contributed by atoms with van der Waals surface area (Å²) in [6.07, 6.45) is 0.955. The molecule has 4 nitrogen and oxygen atoms in total. The van der Waals surface area contributed by atoms with Gasteiger partial charge in [-0.2, -0.15) is 4.99 Å². The molecule has 1 amide bonds. The molecule has 0 bridgehead atoms. The van der Waals surface area contributed by atoms with Gasteiger partial charge in [0.25, 0.3) is 0 Å². The molecular formula is C18H14ClN3OS2. The quantitative estimate of drug-likeness (QED) is 0.490. The van der Waals surface area contributed by atoms with Crippen LogP contribution in [0.15, 0.2) is 47.5 Å². The van der Waals surface area contributed by atoms with Crippen LogP contribution in [0, 0.1) is 0 Å². The van der Waals surface area contributed by atoms with E-state index in [0.29, 0.717) is 14.8 Å². The van der Waals surface area contributed by atoms with Crippen LogP contribution in [0.5, 0.6) is 0 Å². The average molecular weight is 388 g/mol. The number of nitrogens with zero attached hydrogens (tertiary/aromatic N) is 3. The smallest absolute Gasteiger partial charge is 0.308 e. The first-order valence-electron chi connectivity index (χ1n) is 7.89. The minimum Gasteiger partial charge on any atom is -0.316 e. The highest BCUT2D eigenvalue weighted by Crippen LogP contribution is 2.24. The molecule has 0 N–H and O–H groups in total. The molecule has 0 aliphatic heterocycles. The second-order valence-electron chi connectivity index (χ2n) is 5.55. The molecule has 0 radical (unpaired) electrons. The van der Waals surface area contributed by atoms with Crippen LogP contribution in [-0.4, -0.2) is 15.5 Å². The Morgan fingerprint density at radius 2 is 2.04 bits per heavy atom. The van der Waals surface area contributed by atoms with Crippen LogP contribution in [-0.2, 0) is 6.54 Å². The monoisotopic (exact) mass is 387 g/mol. The Kier molecular flexibility index (Phi) is 4.41. The normalized spacial score (nSPS) is 12.3. The number of fused-ring (bicyclic) bond motifs is 2. The van der Waals surface area contributed by atoms with Gasteiger partial charge in [0.2, 0.25) is 0 Å². The van der Waals surface area contributed by atoms with Gasteiger partial charge in [0.05, 0.1) is 20.4 Å². The van der Waals surface area contributed by atoms with Crippen LogP contribution >= 0.6 is 34.3 Å². The van der Waals surface area contributed by atoms with Crippen molar-refractivity contribution >= 4 is 60.6 Å². The van der Waals surface area contributed by atoms with Crippen molar-refractivity contribution in [2.75, 3.05) is 0 Å². The number of amides is 1. The fourth-order valence-corrected chi connectivity index (χ4v) is 4.85. The Morgan fingerprint density at radius 1 is 1.20 bits per heavy atom. The lowest BCUT2D eigenvalue weighted by molar-refractivity contribution is 0.0997. The Bertz CT molecular complexity index is 1120. The molecule has 25 heavy (non-hydrogen) atoms. The number of aromatic nitrogens is 2. The summed E-state index contributed by atoms with van der Waals surface area (Å²) in [6, 6.07) is 13.5. The second-order valence-corrected chi connectivity index (χ2v) is 8.03. The van der Waals surface area contributed by atoms with Crippen molar-refractivity contribution in [2.24, 2.45) is 4.99 Å². The second kappa shape index (κ2) is 6.71. The van der Waals surface area contributed by atoms with E-state index in [9.17, 15) is 4.79 Å². The average Bonchev–Trinajstić information content (AvgIpc) is 3.17. The molecule has 0 fully saturated rings. The SMILES string of the molecule is CCCn1c(=NC(=O)c2nc3ccccc3s2)sc2cc(Cl)ccc21. The van der Waals surface area contributed by atoms with E-state index < -0.39 is 0 Å². The standard InChI is InChI=1S/C18H14ClN3OS2/c1-2-9-22-13-8-7-11(19)10-15(13)25-18(22)21-16(23)17-20-12-5-3-4-6-14(12)24-17/h3-8,10H,2,9H2,1H3. The maximum absolute atomic E-state index is 12.6. The minimum absolute atomic E-state index is 0.302. The molecule has 0 aliphatic rings. The zero-order chi connectivity index (χ0) is 17.4. The molecule has 2 aromatic carbocycles. The van der Waals surface area contributed by atoms with E-state index >= 15 is 0 Å². The summed E-state index contributed by atoms with van der Waals surface area (Å²) in [5.41, 5.74) is 1.88. The molecular weight excluding hydrogens is 374 g/mol. The van der Waals surface area contributed by atoms with E-state index in [-0.39, 0.29) is 5.91 Å². The number of thiazole rings is 2. The van der Waals surface area contributed by atoms with Crippen molar-refractivity contribution < 1.29 is 4.79 Å². The van der Waals surface area contributed by atoms with Crippen molar-refractivity contribution in [3.05, 3.63) is 57.3 Å². The summed E-state index contributed by atoms with van der Waals surface area (Å²) in [6.45, 7) is 2.90. The molecule has 4 aromatic rings. The van der Waals surface area contributed by atoms with Gasteiger partial charge < -0.3 is 4.57 Å². The van der Waals surface area contributed by atoms with Crippen LogP contribution in [0.2, 0.25) is 5.02 Å². The highest BCUT2D eigenvalue weighted by Gasteiger charge is 2.13. The zero-order valence-corrected chi connectivity index (χ0v) is 15.8. The third-order valence-electron chi connectivity index (χ3n) is 3.77. The maximum Gasteiger partial charge on any atom is 0.308 e. The molecule has 4 rings (SSSR count). The van der Waals surface area contributed by atoms with Gasteiger partial charge in [0.1, 0.15) is 0 Å². The van der Waals surface area contributed by atoms with E-state index in [1.165, 1.54) is 22.7 Å². The molecule has 126 valence electrons. The highest BCUT2D eigenvalue weighted by molar-refractivity contribution is 7.20. The molecule has 0 saturated heterocycles. The molecule has 2 aromatic heterocycles. The number of rotatable bonds is 3. The number of benzene rings is 2. The van der Waals surface area contributed by atoms with Crippen LogP contribution in [0.3, 0.4) is 0 Å². The van der Waals surface area contributed by atoms with Gasteiger partial charge in [-0.1, -0.05) is 42.0 Å². The fraction of sp³-hybridized carbons (Fsp3) is 0.167. The predicted molar refractivity (Wildman–Crippen MR) is 105 cm³/mol. The predicted octanol–water partition coefficient (Wildman–Crippen LogP) is 5.12. The fourth-order valence-electron chi connectivity index (χ4n) is 2.67. The number of para-hydroxylation sites is 1. The summed E-state index contributed by atoms with van der Waals surface area (Å²) in [5, 5.41) is 1.10. The van der Waals surface area contributed by atoms with Crippen LogP contribution < -0.4 is 4.80 Å². The third-order valence-corrected chi connectivity index (χ3v) is 6.07. The van der Waals surface area contributed by atoms with Crippen molar-refractivity contribution in [1.82, 2.24) is 9.55 Å². The Balaban J connectivity index is 1.84.